The monoisotopic (exact) mass is 476 g/mol. The zero-order valence-electron chi connectivity index (χ0n) is 19.2. The number of hydrogen-bond acceptors (Lipinski definition) is 6. The minimum absolute atomic E-state index is 0.0438. The van der Waals surface area contributed by atoms with Crippen molar-refractivity contribution in [2.45, 2.75) is 51.2 Å². The van der Waals surface area contributed by atoms with Crippen LogP contribution >= 0.6 is 0 Å². The number of benzene rings is 1. The van der Waals surface area contributed by atoms with E-state index in [4.69, 9.17) is 4.42 Å². The van der Waals surface area contributed by atoms with Crippen molar-refractivity contribution in [2.24, 2.45) is 0 Å². The fraction of sp³-hybridized carbons (Fsp3) is 0.308. The number of unbranched alkanes of at least 4 members (excludes halogenated alkanes) is 3. The molecule has 180 valence electrons. The summed E-state index contributed by atoms with van der Waals surface area (Å²) in [5.74, 6) is 1.03. The van der Waals surface area contributed by atoms with Crippen LogP contribution < -0.4 is 5.32 Å². The molecule has 35 heavy (non-hydrogen) atoms. The molecule has 0 spiro atoms. The summed E-state index contributed by atoms with van der Waals surface area (Å²) in [5.41, 5.74) is 3.16. The summed E-state index contributed by atoms with van der Waals surface area (Å²) < 4.78 is 34.3. The molecule has 0 saturated carbocycles. The van der Waals surface area contributed by atoms with Crippen LogP contribution in [0.5, 0.6) is 0 Å². The van der Waals surface area contributed by atoms with Gasteiger partial charge < -0.3 is 14.7 Å². The Hall–Kier alpha value is -3.88. The number of H-pyrrole nitrogens is 1. The predicted octanol–water partition coefficient (Wildman–Crippen LogP) is 6.45. The quantitative estimate of drug-likeness (QED) is 0.213. The second kappa shape index (κ2) is 10.6. The van der Waals surface area contributed by atoms with Crippen molar-refractivity contribution in [1.82, 2.24) is 24.9 Å². The number of rotatable bonds is 11. The lowest BCUT2D eigenvalue weighted by Gasteiger charge is -2.05. The third-order valence-electron chi connectivity index (χ3n) is 5.91. The molecular weight excluding hydrogens is 450 g/mol. The zero-order chi connectivity index (χ0) is 24.0. The predicted molar refractivity (Wildman–Crippen MR) is 130 cm³/mol. The van der Waals surface area contributed by atoms with Crippen LogP contribution in [0.3, 0.4) is 0 Å². The summed E-state index contributed by atoms with van der Waals surface area (Å²) in [6.45, 7) is 0.133. The van der Waals surface area contributed by atoms with Crippen molar-refractivity contribution in [3.05, 3.63) is 78.1 Å². The van der Waals surface area contributed by atoms with Gasteiger partial charge in [-0.15, -0.1) is 0 Å². The Morgan fingerprint density at radius 2 is 1.83 bits per heavy atom. The standard InChI is InChI=1S/C26H26F2N6O/c27-17-9-7-14-29-21(17)16-31-25-24-22(13-15-30-25)35-26(34-24)18(28)8-3-1-2-4-12-23-32-19-10-5-6-11-20(19)33-23/h5-7,9-11,13-15,18H,1-4,8,12,16H2,(H,30,31)(H,32,33)/t18-/m1/s1. The number of pyridine rings is 2. The molecule has 4 aromatic heterocycles. The molecule has 0 saturated heterocycles. The Morgan fingerprint density at radius 1 is 0.943 bits per heavy atom. The molecule has 0 amide bonds. The topological polar surface area (TPSA) is 92.5 Å². The van der Waals surface area contributed by atoms with E-state index < -0.39 is 12.0 Å². The van der Waals surface area contributed by atoms with E-state index >= 15 is 0 Å². The molecule has 0 aliphatic heterocycles. The van der Waals surface area contributed by atoms with Crippen LogP contribution in [0.25, 0.3) is 22.1 Å². The summed E-state index contributed by atoms with van der Waals surface area (Å²) in [7, 11) is 0. The number of alkyl halides is 1. The van der Waals surface area contributed by atoms with E-state index in [0.29, 0.717) is 23.3 Å². The van der Waals surface area contributed by atoms with Gasteiger partial charge >= 0.3 is 0 Å². The summed E-state index contributed by atoms with van der Waals surface area (Å²) in [5, 5.41) is 3.02. The SMILES string of the molecule is Fc1cccnc1CNc1nccc2oc([C@H](F)CCCCCCc3nc4ccccc4[nH]3)nc12. The Kier molecular flexibility index (Phi) is 6.92. The Bertz CT molecular complexity index is 1380. The number of nitrogens with zero attached hydrogens (tertiary/aromatic N) is 4. The molecule has 4 heterocycles. The first-order valence-electron chi connectivity index (χ1n) is 11.8. The van der Waals surface area contributed by atoms with Crippen molar-refractivity contribution in [3.63, 3.8) is 0 Å². The Balaban J connectivity index is 1.10. The lowest BCUT2D eigenvalue weighted by Crippen LogP contribution is -2.05. The number of anilines is 1. The van der Waals surface area contributed by atoms with Gasteiger partial charge in [-0.05, 0) is 37.1 Å². The number of para-hydroxylation sites is 2. The van der Waals surface area contributed by atoms with Crippen LogP contribution in [0, 0.1) is 5.82 Å². The van der Waals surface area contributed by atoms with E-state index in [9.17, 15) is 8.78 Å². The molecule has 0 aliphatic carbocycles. The number of aryl methyl sites for hydroxylation is 1. The minimum Gasteiger partial charge on any atom is -0.437 e. The van der Waals surface area contributed by atoms with Gasteiger partial charge in [0.2, 0.25) is 5.89 Å². The molecule has 0 radical (unpaired) electrons. The van der Waals surface area contributed by atoms with Crippen molar-refractivity contribution in [2.75, 3.05) is 5.32 Å². The number of aromatic nitrogens is 5. The number of aromatic amines is 1. The Morgan fingerprint density at radius 3 is 2.71 bits per heavy atom. The second-order valence-electron chi connectivity index (χ2n) is 8.46. The molecule has 0 fully saturated rings. The van der Waals surface area contributed by atoms with E-state index in [1.165, 1.54) is 18.3 Å². The maximum absolute atomic E-state index is 14.8. The van der Waals surface area contributed by atoms with E-state index in [2.05, 4.69) is 30.2 Å². The smallest absolute Gasteiger partial charge is 0.230 e. The van der Waals surface area contributed by atoms with Gasteiger partial charge in [0.05, 0.1) is 23.3 Å². The van der Waals surface area contributed by atoms with Gasteiger partial charge in [0.1, 0.15) is 11.6 Å². The van der Waals surface area contributed by atoms with Crippen molar-refractivity contribution in [3.8, 4) is 0 Å². The van der Waals surface area contributed by atoms with E-state index in [0.717, 1.165) is 49.0 Å². The first-order chi connectivity index (χ1) is 17.2. The van der Waals surface area contributed by atoms with Crippen molar-refractivity contribution in [1.29, 1.82) is 0 Å². The largest absolute Gasteiger partial charge is 0.437 e. The highest BCUT2D eigenvalue weighted by Crippen LogP contribution is 2.29. The molecule has 9 heteroatoms. The van der Waals surface area contributed by atoms with Crippen LogP contribution in [-0.4, -0.2) is 24.9 Å². The van der Waals surface area contributed by atoms with Crippen LogP contribution in [0.4, 0.5) is 14.6 Å². The van der Waals surface area contributed by atoms with Gasteiger partial charge in [0.25, 0.3) is 0 Å². The highest BCUT2D eigenvalue weighted by atomic mass is 19.1. The van der Waals surface area contributed by atoms with E-state index in [1.54, 1.807) is 12.3 Å². The van der Waals surface area contributed by atoms with E-state index in [1.807, 2.05) is 24.3 Å². The molecule has 2 N–H and O–H groups in total. The number of imidazole rings is 1. The minimum atomic E-state index is -1.29. The summed E-state index contributed by atoms with van der Waals surface area (Å²) >= 11 is 0. The summed E-state index contributed by atoms with van der Waals surface area (Å²) in [6.07, 6.45) is 6.65. The normalized spacial score (nSPS) is 12.4. The molecule has 5 aromatic rings. The third-order valence-corrected chi connectivity index (χ3v) is 5.91. The average molecular weight is 477 g/mol. The molecule has 0 aliphatic rings. The maximum atomic E-state index is 14.8. The van der Waals surface area contributed by atoms with Gasteiger partial charge in [0, 0.05) is 24.9 Å². The van der Waals surface area contributed by atoms with Crippen LogP contribution in [0.15, 0.2) is 59.3 Å². The molecule has 0 unspecified atom stereocenters. The number of hydrogen-bond donors (Lipinski definition) is 2. The molecule has 1 aromatic carbocycles. The van der Waals surface area contributed by atoms with Gasteiger partial charge in [-0.3, -0.25) is 4.98 Å². The molecule has 0 bridgehead atoms. The highest BCUT2D eigenvalue weighted by Gasteiger charge is 2.19. The highest BCUT2D eigenvalue weighted by molar-refractivity contribution is 5.84. The number of nitrogens with one attached hydrogen (secondary N) is 2. The van der Waals surface area contributed by atoms with Crippen molar-refractivity contribution >= 4 is 28.0 Å². The number of fused-ring (bicyclic) bond motifs is 2. The summed E-state index contributed by atoms with van der Waals surface area (Å²) in [4.78, 5) is 20.5. The van der Waals surface area contributed by atoms with Crippen LogP contribution in [0.1, 0.15) is 55.7 Å². The first-order valence-corrected chi connectivity index (χ1v) is 11.8. The van der Waals surface area contributed by atoms with Gasteiger partial charge in [-0.25, -0.2) is 23.7 Å². The molecule has 5 rings (SSSR count). The van der Waals surface area contributed by atoms with Crippen molar-refractivity contribution < 1.29 is 13.2 Å². The van der Waals surface area contributed by atoms with Gasteiger partial charge in [-0.1, -0.05) is 31.4 Å². The Labute approximate surface area is 201 Å². The van der Waals surface area contributed by atoms with E-state index in [-0.39, 0.29) is 18.1 Å². The average Bonchev–Trinajstić information content (AvgIpc) is 3.50. The van der Waals surface area contributed by atoms with Gasteiger partial charge in [0.15, 0.2) is 23.1 Å². The van der Waals surface area contributed by atoms with Crippen LogP contribution in [-0.2, 0) is 13.0 Å². The maximum Gasteiger partial charge on any atom is 0.230 e. The fourth-order valence-electron chi connectivity index (χ4n) is 4.07. The summed E-state index contributed by atoms with van der Waals surface area (Å²) in [6, 6.07) is 12.5. The lowest BCUT2D eigenvalue weighted by atomic mass is 10.1. The second-order valence-corrected chi connectivity index (χ2v) is 8.46. The molecule has 1 atom stereocenters. The molecule has 7 nitrogen and oxygen atoms in total. The zero-order valence-corrected chi connectivity index (χ0v) is 19.2. The third kappa shape index (κ3) is 5.45. The fourth-order valence-corrected chi connectivity index (χ4v) is 4.07. The number of oxazole rings is 1. The lowest BCUT2D eigenvalue weighted by molar-refractivity contribution is 0.259. The van der Waals surface area contributed by atoms with Gasteiger partial charge in [-0.2, -0.15) is 0 Å². The number of halogens is 2. The first kappa shape index (κ1) is 22.9. The molecular formula is C26H26F2N6O. The van der Waals surface area contributed by atoms with Crippen LogP contribution in [0.2, 0.25) is 0 Å².